The van der Waals surface area contributed by atoms with Crippen LogP contribution in [-0.4, -0.2) is 47.6 Å². The number of carbonyl (C=O) groups excluding carboxylic acids is 2. The van der Waals surface area contributed by atoms with Crippen molar-refractivity contribution in [3.05, 3.63) is 0 Å². The fraction of sp³-hybridized carbons (Fsp3) is 0.895. The molecule has 0 aromatic rings. The number of aliphatic hydroxyl groups is 1. The lowest BCUT2D eigenvalue weighted by Crippen LogP contribution is -2.44. The van der Waals surface area contributed by atoms with E-state index in [2.05, 4.69) is 5.32 Å². The predicted molar refractivity (Wildman–Crippen MR) is 94.4 cm³/mol. The van der Waals surface area contributed by atoms with E-state index in [1.807, 2.05) is 18.7 Å². The van der Waals surface area contributed by atoms with Crippen LogP contribution in [-0.2, 0) is 9.59 Å². The van der Waals surface area contributed by atoms with Crippen molar-refractivity contribution in [3.63, 3.8) is 0 Å². The molecule has 1 aliphatic carbocycles. The van der Waals surface area contributed by atoms with Crippen LogP contribution in [0.5, 0.6) is 0 Å². The first kappa shape index (κ1) is 19.2. The molecule has 2 aliphatic rings. The lowest BCUT2D eigenvalue weighted by molar-refractivity contribution is -0.134. The standard InChI is InChI=1S/C19H34N2O3/c1-19(2,15-7-9-16(22)10-8-15)18(24)20-12-11-17(23)21-13-5-3-4-6-14-21/h15-16,22H,3-14H2,1-2H3,(H,20,24). The molecule has 0 radical (unpaired) electrons. The van der Waals surface area contributed by atoms with E-state index in [0.717, 1.165) is 51.6 Å². The van der Waals surface area contributed by atoms with Crippen LogP contribution < -0.4 is 5.32 Å². The third kappa shape index (κ3) is 5.20. The summed E-state index contributed by atoms with van der Waals surface area (Å²) in [6, 6.07) is 0. The van der Waals surface area contributed by atoms with Gasteiger partial charge in [0.25, 0.3) is 0 Å². The van der Waals surface area contributed by atoms with Crippen molar-refractivity contribution in [2.24, 2.45) is 11.3 Å². The lowest BCUT2D eigenvalue weighted by atomic mass is 9.70. The quantitative estimate of drug-likeness (QED) is 0.809. The predicted octanol–water partition coefficient (Wildman–Crippen LogP) is 2.47. The van der Waals surface area contributed by atoms with Gasteiger partial charge in [-0.2, -0.15) is 0 Å². The van der Waals surface area contributed by atoms with Crippen LogP contribution in [0.25, 0.3) is 0 Å². The molecule has 1 aliphatic heterocycles. The Morgan fingerprint density at radius 1 is 1.04 bits per heavy atom. The van der Waals surface area contributed by atoms with Gasteiger partial charge in [0.15, 0.2) is 0 Å². The van der Waals surface area contributed by atoms with Crippen LogP contribution in [0.3, 0.4) is 0 Å². The first-order chi connectivity index (χ1) is 11.4. The Labute approximate surface area is 146 Å². The van der Waals surface area contributed by atoms with Gasteiger partial charge >= 0.3 is 0 Å². The monoisotopic (exact) mass is 338 g/mol. The number of hydrogen-bond donors (Lipinski definition) is 2. The topological polar surface area (TPSA) is 69.6 Å². The molecule has 2 fully saturated rings. The maximum atomic E-state index is 12.6. The van der Waals surface area contributed by atoms with Crippen molar-refractivity contribution in [2.45, 2.75) is 77.7 Å². The van der Waals surface area contributed by atoms with Gasteiger partial charge in [-0.25, -0.2) is 0 Å². The zero-order valence-electron chi connectivity index (χ0n) is 15.4. The van der Waals surface area contributed by atoms with E-state index in [4.69, 9.17) is 0 Å². The number of nitrogens with zero attached hydrogens (tertiary/aromatic N) is 1. The fourth-order valence-corrected chi connectivity index (χ4v) is 3.97. The molecular formula is C19H34N2O3. The van der Waals surface area contributed by atoms with E-state index in [9.17, 15) is 14.7 Å². The third-order valence-electron chi connectivity index (χ3n) is 5.89. The molecule has 1 heterocycles. The van der Waals surface area contributed by atoms with Gasteiger partial charge in [0.2, 0.25) is 11.8 Å². The Morgan fingerprint density at radius 2 is 1.62 bits per heavy atom. The Hall–Kier alpha value is -1.10. The zero-order chi connectivity index (χ0) is 17.6. The van der Waals surface area contributed by atoms with Gasteiger partial charge in [0, 0.05) is 31.5 Å². The number of nitrogens with one attached hydrogen (secondary N) is 1. The number of rotatable bonds is 5. The van der Waals surface area contributed by atoms with Crippen molar-refractivity contribution >= 4 is 11.8 Å². The van der Waals surface area contributed by atoms with E-state index in [0.29, 0.717) is 18.9 Å². The van der Waals surface area contributed by atoms with Crippen LogP contribution in [0, 0.1) is 11.3 Å². The van der Waals surface area contributed by atoms with Crippen LogP contribution in [0.4, 0.5) is 0 Å². The Bertz CT molecular complexity index is 420. The number of hydrogen-bond acceptors (Lipinski definition) is 3. The summed E-state index contributed by atoms with van der Waals surface area (Å²) in [6.07, 6.45) is 8.18. The second-order valence-corrected chi connectivity index (χ2v) is 8.03. The second-order valence-electron chi connectivity index (χ2n) is 8.03. The van der Waals surface area contributed by atoms with E-state index in [1.54, 1.807) is 0 Å². The van der Waals surface area contributed by atoms with Crippen molar-refractivity contribution < 1.29 is 14.7 Å². The second kappa shape index (κ2) is 8.84. The summed E-state index contributed by atoms with van der Waals surface area (Å²) < 4.78 is 0. The Morgan fingerprint density at radius 3 is 2.21 bits per heavy atom. The number of amides is 2. The molecule has 2 amide bonds. The maximum absolute atomic E-state index is 12.6. The largest absolute Gasteiger partial charge is 0.393 e. The van der Waals surface area contributed by atoms with Gasteiger partial charge < -0.3 is 15.3 Å². The molecule has 2 N–H and O–H groups in total. The first-order valence-corrected chi connectivity index (χ1v) is 9.65. The smallest absolute Gasteiger partial charge is 0.225 e. The minimum Gasteiger partial charge on any atom is -0.393 e. The van der Waals surface area contributed by atoms with Gasteiger partial charge in [-0.3, -0.25) is 9.59 Å². The molecule has 0 bridgehead atoms. The molecule has 5 heteroatoms. The highest BCUT2D eigenvalue weighted by molar-refractivity contribution is 5.83. The molecule has 24 heavy (non-hydrogen) atoms. The van der Waals surface area contributed by atoms with E-state index >= 15 is 0 Å². The molecule has 1 saturated carbocycles. The van der Waals surface area contributed by atoms with Gasteiger partial charge in [0.05, 0.1) is 6.10 Å². The highest BCUT2D eigenvalue weighted by Crippen LogP contribution is 2.38. The van der Waals surface area contributed by atoms with Gasteiger partial charge in [0.1, 0.15) is 0 Å². The van der Waals surface area contributed by atoms with Crippen molar-refractivity contribution in [1.29, 1.82) is 0 Å². The molecular weight excluding hydrogens is 304 g/mol. The number of likely N-dealkylation sites (tertiary alicyclic amines) is 1. The molecule has 5 nitrogen and oxygen atoms in total. The zero-order valence-corrected chi connectivity index (χ0v) is 15.4. The fourth-order valence-electron chi connectivity index (χ4n) is 3.97. The van der Waals surface area contributed by atoms with Crippen molar-refractivity contribution in [3.8, 4) is 0 Å². The molecule has 0 unspecified atom stereocenters. The first-order valence-electron chi connectivity index (χ1n) is 9.65. The summed E-state index contributed by atoms with van der Waals surface area (Å²) in [6.45, 7) is 6.13. The average molecular weight is 338 g/mol. The van der Waals surface area contributed by atoms with Crippen LogP contribution in [0.15, 0.2) is 0 Å². The molecule has 0 aromatic heterocycles. The number of aliphatic hydroxyl groups excluding tert-OH is 1. The van der Waals surface area contributed by atoms with Crippen molar-refractivity contribution in [1.82, 2.24) is 10.2 Å². The molecule has 0 atom stereocenters. The third-order valence-corrected chi connectivity index (χ3v) is 5.89. The summed E-state index contributed by atoms with van der Waals surface area (Å²) in [7, 11) is 0. The van der Waals surface area contributed by atoms with Gasteiger partial charge in [-0.1, -0.05) is 26.7 Å². The number of carbonyl (C=O) groups is 2. The van der Waals surface area contributed by atoms with Gasteiger partial charge in [-0.15, -0.1) is 0 Å². The van der Waals surface area contributed by atoms with E-state index in [1.165, 1.54) is 12.8 Å². The summed E-state index contributed by atoms with van der Waals surface area (Å²) in [5, 5.41) is 12.6. The Balaban J connectivity index is 1.74. The summed E-state index contributed by atoms with van der Waals surface area (Å²) in [4.78, 5) is 26.8. The summed E-state index contributed by atoms with van der Waals surface area (Å²) in [5.74, 6) is 0.505. The molecule has 138 valence electrons. The SMILES string of the molecule is CC(C)(C(=O)NCCC(=O)N1CCCCCC1)C1CCC(O)CC1. The van der Waals surface area contributed by atoms with Crippen LogP contribution in [0.2, 0.25) is 0 Å². The highest BCUT2D eigenvalue weighted by atomic mass is 16.3. The average Bonchev–Trinajstić information content (AvgIpc) is 2.84. The van der Waals surface area contributed by atoms with Crippen LogP contribution >= 0.6 is 0 Å². The van der Waals surface area contributed by atoms with Gasteiger partial charge in [-0.05, 0) is 44.4 Å². The molecule has 0 aromatic carbocycles. The van der Waals surface area contributed by atoms with Crippen molar-refractivity contribution in [2.75, 3.05) is 19.6 Å². The van der Waals surface area contributed by atoms with Crippen LogP contribution in [0.1, 0.15) is 71.6 Å². The lowest BCUT2D eigenvalue weighted by Gasteiger charge is -2.37. The minimum atomic E-state index is -0.439. The highest BCUT2D eigenvalue weighted by Gasteiger charge is 2.38. The summed E-state index contributed by atoms with van der Waals surface area (Å²) in [5.41, 5.74) is -0.439. The molecule has 0 spiro atoms. The molecule has 1 saturated heterocycles. The normalized spacial score (nSPS) is 25.9. The Kier molecular flexibility index (Phi) is 7.08. The summed E-state index contributed by atoms with van der Waals surface area (Å²) >= 11 is 0. The minimum absolute atomic E-state index is 0.0348. The van der Waals surface area contributed by atoms with E-state index < -0.39 is 5.41 Å². The maximum Gasteiger partial charge on any atom is 0.225 e. The van der Waals surface area contributed by atoms with E-state index in [-0.39, 0.29) is 17.9 Å². The molecule has 2 rings (SSSR count).